The molecule has 1 aromatic rings. The first kappa shape index (κ1) is 16.0. The summed E-state index contributed by atoms with van der Waals surface area (Å²) < 4.78 is 5.26. The Morgan fingerprint density at radius 3 is 2.74 bits per heavy atom. The summed E-state index contributed by atoms with van der Waals surface area (Å²) in [6.07, 6.45) is 2.21. The highest BCUT2D eigenvalue weighted by atomic mass is 16.5. The van der Waals surface area contributed by atoms with Gasteiger partial charge in [-0.3, -0.25) is 9.59 Å². The molecule has 0 saturated carbocycles. The van der Waals surface area contributed by atoms with Gasteiger partial charge in [-0.05, 0) is 33.6 Å². The average Bonchev–Trinajstić information content (AvgIpc) is 3.13. The summed E-state index contributed by atoms with van der Waals surface area (Å²) in [6, 6.07) is 0.149. The number of likely N-dealkylation sites (tertiary alicyclic amines) is 2. The molecule has 7 heteroatoms. The van der Waals surface area contributed by atoms with Crippen LogP contribution in [0.4, 0.5) is 0 Å². The number of hydrogen-bond acceptors (Lipinski definition) is 5. The number of nitrogens with zero attached hydrogens (tertiary/aromatic N) is 4. The average molecular weight is 320 g/mol. The molecule has 2 aliphatic rings. The molecule has 3 rings (SSSR count). The van der Waals surface area contributed by atoms with Gasteiger partial charge < -0.3 is 14.3 Å². The molecule has 2 fully saturated rings. The van der Waals surface area contributed by atoms with Crippen molar-refractivity contribution < 1.29 is 14.1 Å². The molecule has 0 aromatic carbocycles. The van der Waals surface area contributed by atoms with Crippen LogP contribution in [0.2, 0.25) is 0 Å². The topological polar surface area (TPSA) is 79.5 Å². The van der Waals surface area contributed by atoms with Crippen LogP contribution < -0.4 is 0 Å². The lowest BCUT2D eigenvalue weighted by Crippen LogP contribution is -2.43. The zero-order valence-corrected chi connectivity index (χ0v) is 14.0. The van der Waals surface area contributed by atoms with E-state index in [-0.39, 0.29) is 29.7 Å². The predicted octanol–water partition coefficient (Wildman–Crippen LogP) is 1.34. The highest BCUT2D eigenvalue weighted by Gasteiger charge is 2.39. The fourth-order valence-corrected chi connectivity index (χ4v) is 3.51. The van der Waals surface area contributed by atoms with Gasteiger partial charge in [-0.25, -0.2) is 0 Å². The maximum absolute atomic E-state index is 12.8. The number of hydrogen-bond donors (Lipinski definition) is 0. The largest absolute Gasteiger partial charge is 0.342 e. The van der Waals surface area contributed by atoms with Crippen LogP contribution in [-0.4, -0.2) is 57.4 Å². The minimum Gasteiger partial charge on any atom is -0.342 e. The first-order valence-corrected chi connectivity index (χ1v) is 8.34. The smallest absolute Gasteiger partial charge is 0.231 e. The van der Waals surface area contributed by atoms with E-state index in [1.54, 1.807) is 11.8 Å². The van der Waals surface area contributed by atoms with Crippen molar-refractivity contribution in [2.75, 3.05) is 19.6 Å². The van der Waals surface area contributed by atoms with Crippen molar-refractivity contribution in [1.29, 1.82) is 0 Å². The number of piperidine rings is 1. The number of amides is 2. The maximum atomic E-state index is 12.8. The third kappa shape index (κ3) is 3.23. The van der Waals surface area contributed by atoms with Gasteiger partial charge in [0.2, 0.25) is 17.7 Å². The van der Waals surface area contributed by atoms with Gasteiger partial charge in [0, 0.05) is 32.1 Å². The Bertz CT molecular complexity index is 598. The van der Waals surface area contributed by atoms with Crippen molar-refractivity contribution in [3.63, 3.8) is 0 Å². The van der Waals surface area contributed by atoms with Crippen LogP contribution in [0.15, 0.2) is 4.52 Å². The highest BCUT2D eigenvalue weighted by molar-refractivity contribution is 5.89. The quantitative estimate of drug-likeness (QED) is 0.839. The molecule has 2 amide bonds. The standard InChI is InChI=1S/C16H24N4O3/c1-10(2)20-9-13(7-14(20)21)16(22)19-6-4-5-12(8-19)15-17-11(3)18-23-15/h10,12-13H,4-9H2,1-3H3/t12-,13-/m1/s1. The summed E-state index contributed by atoms with van der Waals surface area (Å²) in [4.78, 5) is 32.8. The molecule has 23 heavy (non-hydrogen) atoms. The van der Waals surface area contributed by atoms with Gasteiger partial charge in [0.25, 0.3) is 0 Å². The van der Waals surface area contributed by atoms with E-state index < -0.39 is 0 Å². The third-order valence-corrected chi connectivity index (χ3v) is 4.76. The van der Waals surface area contributed by atoms with E-state index >= 15 is 0 Å². The van der Waals surface area contributed by atoms with Crippen LogP contribution in [-0.2, 0) is 9.59 Å². The van der Waals surface area contributed by atoms with Gasteiger partial charge in [0.15, 0.2) is 5.82 Å². The molecule has 126 valence electrons. The molecule has 0 radical (unpaired) electrons. The van der Waals surface area contributed by atoms with Crippen LogP contribution in [0.3, 0.4) is 0 Å². The fourth-order valence-electron chi connectivity index (χ4n) is 3.51. The minimum absolute atomic E-state index is 0.0828. The molecule has 2 saturated heterocycles. The zero-order chi connectivity index (χ0) is 16.6. The minimum atomic E-state index is -0.215. The number of carbonyl (C=O) groups is 2. The number of aryl methyl sites for hydroxylation is 1. The Hall–Kier alpha value is -1.92. The summed E-state index contributed by atoms with van der Waals surface area (Å²) in [6.45, 7) is 7.65. The molecule has 0 bridgehead atoms. The van der Waals surface area contributed by atoms with E-state index in [0.717, 1.165) is 19.4 Å². The Balaban J connectivity index is 1.65. The lowest BCUT2D eigenvalue weighted by atomic mass is 9.96. The molecule has 0 aliphatic carbocycles. The Morgan fingerprint density at radius 1 is 1.35 bits per heavy atom. The number of rotatable bonds is 3. The Morgan fingerprint density at radius 2 is 2.13 bits per heavy atom. The summed E-state index contributed by atoms with van der Waals surface area (Å²) in [5.74, 6) is 1.30. The van der Waals surface area contributed by atoms with Crippen molar-refractivity contribution >= 4 is 11.8 Å². The van der Waals surface area contributed by atoms with Gasteiger partial charge in [-0.2, -0.15) is 4.98 Å². The van der Waals surface area contributed by atoms with Gasteiger partial charge in [0.1, 0.15) is 0 Å². The first-order valence-electron chi connectivity index (χ1n) is 8.34. The van der Waals surface area contributed by atoms with Gasteiger partial charge in [-0.1, -0.05) is 5.16 Å². The van der Waals surface area contributed by atoms with Gasteiger partial charge >= 0.3 is 0 Å². The summed E-state index contributed by atoms with van der Waals surface area (Å²) in [5.41, 5.74) is 0. The van der Waals surface area contributed by atoms with E-state index in [4.69, 9.17) is 4.52 Å². The highest BCUT2D eigenvalue weighted by Crippen LogP contribution is 2.29. The summed E-state index contributed by atoms with van der Waals surface area (Å²) in [5, 5.41) is 3.84. The molecule has 2 atom stereocenters. The van der Waals surface area contributed by atoms with Crippen LogP contribution in [0.1, 0.15) is 50.7 Å². The van der Waals surface area contributed by atoms with Crippen molar-refractivity contribution in [3.8, 4) is 0 Å². The molecule has 0 unspecified atom stereocenters. The lowest BCUT2D eigenvalue weighted by Gasteiger charge is -2.32. The van der Waals surface area contributed by atoms with Crippen molar-refractivity contribution in [2.45, 2.75) is 52.0 Å². The summed E-state index contributed by atoms with van der Waals surface area (Å²) in [7, 11) is 0. The van der Waals surface area contributed by atoms with Gasteiger partial charge in [0.05, 0.1) is 11.8 Å². The van der Waals surface area contributed by atoms with Crippen molar-refractivity contribution in [1.82, 2.24) is 19.9 Å². The zero-order valence-electron chi connectivity index (χ0n) is 14.0. The normalized spacial score (nSPS) is 25.5. The Labute approximate surface area is 136 Å². The predicted molar refractivity (Wildman–Crippen MR) is 82.5 cm³/mol. The van der Waals surface area contributed by atoms with Crippen LogP contribution >= 0.6 is 0 Å². The van der Waals surface area contributed by atoms with E-state index in [0.29, 0.717) is 31.2 Å². The van der Waals surface area contributed by atoms with Crippen molar-refractivity contribution in [3.05, 3.63) is 11.7 Å². The summed E-state index contributed by atoms with van der Waals surface area (Å²) >= 11 is 0. The third-order valence-electron chi connectivity index (χ3n) is 4.76. The van der Waals surface area contributed by atoms with Gasteiger partial charge in [-0.15, -0.1) is 0 Å². The lowest BCUT2D eigenvalue weighted by molar-refractivity contribution is -0.137. The molecule has 2 aliphatic heterocycles. The molecule has 3 heterocycles. The van der Waals surface area contributed by atoms with E-state index in [9.17, 15) is 9.59 Å². The molecular formula is C16H24N4O3. The maximum Gasteiger partial charge on any atom is 0.231 e. The second-order valence-electron chi connectivity index (χ2n) is 6.84. The van der Waals surface area contributed by atoms with Crippen LogP contribution in [0.5, 0.6) is 0 Å². The molecule has 0 N–H and O–H groups in total. The number of aromatic nitrogens is 2. The monoisotopic (exact) mass is 320 g/mol. The van der Waals surface area contributed by atoms with Crippen molar-refractivity contribution in [2.24, 2.45) is 5.92 Å². The molecule has 7 nitrogen and oxygen atoms in total. The number of carbonyl (C=O) groups excluding carboxylic acids is 2. The first-order chi connectivity index (χ1) is 11.0. The van der Waals surface area contributed by atoms with E-state index in [1.165, 1.54) is 0 Å². The molecule has 0 spiro atoms. The van der Waals surface area contributed by atoms with E-state index in [2.05, 4.69) is 10.1 Å². The van der Waals surface area contributed by atoms with E-state index in [1.807, 2.05) is 18.7 Å². The SMILES string of the molecule is Cc1noc([C@@H]2CCCN(C(=O)[C@@H]3CC(=O)N(C(C)C)C3)C2)n1. The van der Waals surface area contributed by atoms with Crippen LogP contribution in [0.25, 0.3) is 0 Å². The second kappa shape index (κ2) is 6.29. The fraction of sp³-hybridized carbons (Fsp3) is 0.750. The molecular weight excluding hydrogens is 296 g/mol. The Kier molecular flexibility index (Phi) is 4.37. The second-order valence-corrected chi connectivity index (χ2v) is 6.84. The van der Waals surface area contributed by atoms with Crippen LogP contribution in [0, 0.1) is 12.8 Å². The molecule has 1 aromatic heterocycles.